The Morgan fingerprint density at radius 2 is 2.22 bits per heavy atom. The smallest absolute Gasteiger partial charge is 0.338 e. The molecule has 0 aliphatic rings. The Hall–Kier alpha value is -2.68. The molecule has 6 heteroatoms. The highest BCUT2D eigenvalue weighted by Gasteiger charge is 2.15. The van der Waals surface area contributed by atoms with Gasteiger partial charge < -0.3 is 4.74 Å². The molecule has 0 spiro atoms. The molecular weight excluding hydrogens is 292 g/mol. The van der Waals surface area contributed by atoms with Gasteiger partial charge in [-0.3, -0.25) is 0 Å². The number of carbonyl (C=O) groups excluding carboxylic acids is 1. The van der Waals surface area contributed by atoms with Crippen LogP contribution in [0.25, 0.3) is 5.69 Å². The topological polar surface area (TPSA) is 80.8 Å². The maximum atomic E-state index is 12.0. The summed E-state index contributed by atoms with van der Waals surface area (Å²) < 4.78 is 6.84. The molecule has 0 aliphatic carbocycles. The molecule has 1 aromatic carbocycles. The predicted octanol–water partition coefficient (Wildman–Crippen LogP) is 3.05. The Morgan fingerprint density at radius 3 is 2.87 bits per heavy atom. The number of carbonyl (C=O) groups is 1. The summed E-state index contributed by atoms with van der Waals surface area (Å²) in [4.78, 5) is 12.0. The van der Waals surface area contributed by atoms with Gasteiger partial charge in [0.15, 0.2) is 5.69 Å². The molecule has 2 aromatic rings. The lowest BCUT2D eigenvalue weighted by Crippen LogP contribution is -2.12. The second-order valence-electron chi connectivity index (χ2n) is 5.52. The normalized spacial score (nSPS) is 10.6. The molecule has 0 amide bonds. The number of rotatable bonds is 6. The van der Waals surface area contributed by atoms with Crippen LogP contribution < -0.4 is 0 Å². The fourth-order valence-electron chi connectivity index (χ4n) is 2.21. The highest BCUT2D eigenvalue weighted by molar-refractivity contribution is 5.90. The molecule has 0 unspecified atom stereocenters. The SMILES string of the molecule is CCCCc1c(C#N)nnn1-c1cccc(C(=O)OC(C)C)c1. The number of nitrogens with zero attached hydrogens (tertiary/aromatic N) is 4. The maximum absolute atomic E-state index is 12.0. The van der Waals surface area contributed by atoms with E-state index in [9.17, 15) is 10.1 Å². The molecule has 1 aromatic heterocycles. The second-order valence-corrected chi connectivity index (χ2v) is 5.52. The summed E-state index contributed by atoms with van der Waals surface area (Å²) in [5, 5.41) is 17.2. The summed E-state index contributed by atoms with van der Waals surface area (Å²) in [6.45, 7) is 5.70. The summed E-state index contributed by atoms with van der Waals surface area (Å²) in [5.41, 5.74) is 2.24. The van der Waals surface area contributed by atoms with Crippen LogP contribution in [0.5, 0.6) is 0 Å². The van der Waals surface area contributed by atoms with E-state index in [1.165, 1.54) is 0 Å². The van der Waals surface area contributed by atoms with E-state index in [4.69, 9.17) is 4.74 Å². The van der Waals surface area contributed by atoms with Crippen LogP contribution in [0, 0.1) is 11.3 Å². The fraction of sp³-hybridized carbons (Fsp3) is 0.412. The van der Waals surface area contributed by atoms with Crippen molar-refractivity contribution in [1.82, 2.24) is 15.0 Å². The van der Waals surface area contributed by atoms with Crippen LogP contribution in [0.2, 0.25) is 0 Å². The Balaban J connectivity index is 2.37. The molecule has 0 saturated heterocycles. The molecule has 2 rings (SSSR count). The average molecular weight is 312 g/mol. The zero-order chi connectivity index (χ0) is 16.8. The third-order valence-corrected chi connectivity index (χ3v) is 3.31. The molecule has 0 aliphatic heterocycles. The Kier molecular flexibility index (Phi) is 5.47. The quantitative estimate of drug-likeness (QED) is 0.766. The van der Waals surface area contributed by atoms with Gasteiger partial charge >= 0.3 is 5.97 Å². The van der Waals surface area contributed by atoms with Crippen molar-refractivity contribution in [2.24, 2.45) is 0 Å². The highest BCUT2D eigenvalue weighted by atomic mass is 16.5. The minimum atomic E-state index is -0.377. The van der Waals surface area contributed by atoms with Gasteiger partial charge in [-0.15, -0.1) is 5.10 Å². The second kappa shape index (κ2) is 7.54. The first kappa shape index (κ1) is 16.7. The molecule has 120 valence electrons. The number of hydrogen-bond donors (Lipinski definition) is 0. The van der Waals surface area contributed by atoms with Gasteiger partial charge in [-0.25, -0.2) is 9.48 Å². The van der Waals surface area contributed by atoms with Crippen LogP contribution in [0.1, 0.15) is 55.4 Å². The van der Waals surface area contributed by atoms with Crippen LogP contribution in [0.4, 0.5) is 0 Å². The van der Waals surface area contributed by atoms with Crippen molar-refractivity contribution in [3.05, 3.63) is 41.2 Å². The number of hydrogen-bond acceptors (Lipinski definition) is 5. The van der Waals surface area contributed by atoms with Crippen LogP contribution in [0.15, 0.2) is 24.3 Å². The zero-order valence-corrected chi connectivity index (χ0v) is 13.6. The first-order chi connectivity index (χ1) is 11.1. The van der Waals surface area contributed by atoms with E-state index in [-0.39, 0.29) is 12.1 Å². The lowest BCUT2D eigenvalue weighted by atomic mass is 10.1. The first-order valence-electron chi connectivity index (χ1n) is 7.73. The number of unbranched alkanes of at least 4 members (excludes halogenated alkanes) is 1. The van der Waals surface area contributed by atoms with E-state index in [0.717, 1.165) is 18.5 Å². The minimum absolute atomic E-state index is 0.178. The van der Waals surface area contributed by atoms with Crippen molar-refractivity contribution in [2.45, 2.75) is 46.1 Å². The largest absolute Gasteiger partial charge is 0.459 e. The van der Waals surface area contributed by atoms with Gasteiger partial charge in [0.1, 0.15) is 6.07 Å². The van der Waals surface area contributed by atoms with E-state index in [0.29, 0.717) is 23.4 Å². The van der Waals surface area contributed by atoms with Crippen LogP contribution in [-0.2, 0) is 11.2 Å². The highest BCUT2D eigenvalue weighted by Crippen LogP contribution is 2.17. The van der Waals surface area contributed by atoms with Gasteiger partial charge in [0, 0.05) is 0 Å². The Bertz CT molecular complexity index is 728. The van der Waals surface area contributed by atoms with Crippen LogP contribution >= 0.6 is 0 Å². The van der Waals surface area contributed by atoms with E-state index in [2.05, 4.69) is 23.3 Å². The fourth-order valence-corrected chi connectivity index (χ4v) is 2.21. The summed E-state index contributed by atoms with van der Waals surface area (Å²) in [6, 6.07) is 9.07. The van der Waals surface area contributed by atoms with Gasteiger partial charge in [-0.1, -0.05) is 24.6 Å². The molecule has 0 atom stereocenters. The number of esters is 1. The lowest BCUT2D eigenvalue weighted by molar-refractivity contribution is 0.0378. The summed E-state index contributed by atoms with van der Waals surface area (Å²) in [7, 11) is 0. The van der Waals surface area contributed by atoms with E-state index in [1.54, 1.807) is 36.7 Å². The van der Waals surface area contributed by atoms with Gasteiger partial charge in [0.05, 0.1) is 23.0 Å². The van der Waals surface area contributed by atoms with Crippen molar-refractivity contribution in [3.63, 3.8) is 0 Å². The van der Waals surface area contributed by atoms with Crippen molar-refractivity contribution in [3.8, 4) is 11.8 Å². The van der Waals surface area contributed by atoms with Crippen molar-refractivity contribution < 1.29 is 9.53 Å². The molecule has 0 bridgehead atoms. The standard InChI is InChI=1S/C17H20N4O2/c1-4-5-9-16-15(11-18)19-20-21(16)14-8-6-7-13(10-14)17(22)23-12(2)3/h6-8,10,12H,4-5,9H2,1-3H3. The molecule has 0 radical (unpaired) electrons. The van der Waals surface area contributed by atoms with Crippen molar-refractivity contribution in [1.29, 1.82) is 5.26 Å². The van der Waals surface area contributed by atoms with E-state index >= 15 is 0 Å². The van der Waals surface area contributed by atoms with E-state index < -0.39 is 0 Å². The molecule has 23 heavy (non-hydrogen) atoms. The van der Waals surface area contributed by atoms with Gasteiger partial charge in [0.25, 0.3) is 0 Å². The number of aromatic nitrogens is 3. The van der Waals surface area contributed by atoms with E-state index in [1.807, 2.05) is 6.07 Å². The van der Waals surface area contributed by atoms with Crippen LogP contribution in [0.3, 0.4) is 0 Å². The van der Waals surface area contributed by atoms with Gasteiger partial charge in [-0.05, 0) is 44.9 Å². The molecule has 1 heterocycles. The minimum Gasteiger partial charge on any atom is -0.459 e. The Labute approximate surface area is 135 Å². The van der Waals surface area contributed by atoms with Crippen molar-refractivity contribution >= 4 is 5.97 Å². The molecule has 0 fully saturated rings. The molecule has 6 nitrogen and oxygen atoms in total. The molecular formula is C17H20N4O2. The Morgan fingerprint density at radius 1 is 1.43 bits per heavy atom. The van der Waals surface area contributed by atoms with Crippen molar-refractivity contribution in [2.75, 3.05) is 0 Å². The monoisotopic (exact) mass is 312 g/mol. The number of benzene rings is 1. The summed E-state index contributed by atoms with van der Waals surface area (Å²) in [6.07, 6.45) is 2.49. The first-order valence-corrected chi connectivity index (χ1v) is 7.73. The third kappa shape index (κ3) is 3.95. The van der Waals surface area contributed by atoms with Gasteiger partial charge in [0.2, 0.25) is 0 Å². The summed E-state index contributed by atoms with van der Waals surface area (Å²) in [5.74, 6) is -0.377. The predicted molar refractivity (Wildman–Crippen MR) is 85.2 cm³/mol. The molecule has 0 saturated carbocycles. The zero-order valence-electron chi connectivity index (χ0n) is 13.6. The lowest BCUT2D eigenvalue weighted by Gasteiger charge is -2.10. The number of ether oxygens (including phenoxy) is 1. The van der Waals surface area contributed by atoms with Gasteiger partial charge in [-0.2, -0.15) is 5.26 Å². The average Bonchev–Trinajstić information content (AvgIpc) is 2.95. The third-order valence-electron chi connectivity index (χ3n) is 3.31. The molecule has 0 N–H and O–H groups in total. The maximum Gasteiger partial charge on any atom is 0.338 e. The number of nitriles is 1. The summed E-state index contributed by atoms with van der Waals surface area (Å²) >= 11 is 0. The van der Waals surface area contributed by atoms with Crippen LogP contribution in [-0.4, -0.2) is 27.1 Å².